The highest BCUT2D eigenvalue weighted by atomic mass is 16.5. The number of hydrogen-bond donors (Lipinski definition) is 0. The molecule has 1 aliphatic carbocycles. The number of rotatable bonds is 5. The van der Waals surface area contributed by atoms with E-state index in [0.29, 0.717) is 26.1 Å². The summed E-state index contributed by atoms with van der Waals surface area (Å²) in [6.45, 7) is 1.80. The van der Waals surface area contributed by atoms with Crippen LogP contribution in [0.4, 0.5) is 0 Å². The Morgan fingerprint density at radius 1 is 1.19 bits per heavy atom. The Bertz CT molecular complexity index is 762. The summed E-state index contributed by atoms with van der Waals surface area (Å²) in [5, 5.41) is 0. The van der Waals surface area contributed by atoms with E-state index in [1.54, 1.807) is 12.4 Å². The number of nitrogens with zero attached hydrogens (tertiary/aromatic N) is 4. The van der Waals surface area contributed by atoms with Crippen molar-refractivity contribution >= 4 is 5.91 Å². The zero-order valence-corrected chi connectivity index (χ0v) is 15.6. The molecule has 0 unspecified atom stereocenters. The third kappa shape index (κ3) is 4.50. The lowest BCUT2D eigenvalue weighted by Crippen LogP contribution is -2.42. The highest BCUT2D eigenvalue weighted by molar-refractivity contribution is 5.76. The molecule has 1 aliphatic heterocycles. The zero-order chi connectivity index (χ0) is 18.5. The van der Waals surface area contributed by atoms with Gasteiger partial charge in [-0.2, -0.15) is 0 Å². The first kappa shape index (κ1) is 18.0. The molecule has 1 amide bonds. The van der Waals surface area contributed by atoms with E-state index in [-0.39, 0.29) is 12.0 Å². The number of carbonyl (C=O) groups excluding carboxylic acids is 1. The predicted molar refractivity (Wildman–Crippen MR) is 102 cm³/mol. The Kier molecular flexibility index (Phi) is 5.72. The van der Waals surface area contributed by atoms with Gasteiger partial charge in [0.25, 0.3) is 0 Å². The molecule has 2 fully saturated rings. The van der Waals surface area contributed by atoms with Crippen LogP contribution in [-0.2, 0) is 9.53 Å². The molecule has 27 heavy (non-hydrogen) atoms. The van der Waals surface area contributed by atoms with Gasteiger partial charge in [0.2, 0.25) is 5.91 Å². The molecule has 0 aromatic carbocycles. The van der Waals surface area contributed by atoms with E-state index in [0.717, 1.165) is 29.3 Å². The highest BCUT2D eigenvalue weighted by Crippen LogP contribution is 2.29. The van der Waals surface area contributed by atoms with Crippen LogP contribution in [0, 0.1) is 5.92 Å². The third-order valence-electron chi connectivity index (χ3n) is 5.62. The molecule has 0 N–H and O–H groups in total. The third-order valence-corrected chi connectivity index (χ3v) is 5.62. The number of amides is 1. The summed E-state index contributed by atoms with van der Waals surface area (Å²) in [5.41, 5.74) is 2.55. The summed E-state index contributed by atoms with van der Waals surface area (Å²) < 4.78 is 5.93. The standard InChI is InChI=1S/C21H26N4O2/c26-21(9-8-16-4-1-2-5-16)25-10-11-27-20(14-25)19-7-3-6-18(24-19)17-12-22-15-23-13-17/h3,6-7,12-13,15-16,20H,1-2,4-5,8-11,14H2/t20-/m1/s1. The summed E-state index contributed by atoms with van der Waals surface area (Å²) in [7, 11) is 0. The van der Waals surface area contributed by atoms with Crippen LogP contribution in [0.25, 0.3) is 11.3 Å². The number of hydrogen-bond acceptors (Lipinski definition) is 5. The monoisotopic (exact) mass is 366 g/mol. The van der Waals surface area contributed by atoms with Crippen molar-refractivity contribution in [3.05, 3.63) is 42.6 Å². The first-order chi connectivity index (χ1) is 13.3. The first-order valence-electron chi connectivity index (χ1n) is 9.91. The molecular weight excluding hydrogens is 340 g/mol. The molecule has 142 valence electrons. The molecule has 0 bridgehead atoms. The van der Waals surface area contributed by atoms with Crippen LogP contribution in [0.15, 0.2) is 36.9 Å². The molecule has 6 nitrogen and oxygen atoms in total. The van der Waals surface area contributed by atoms with Crippen LogP contribution in [0.5, 0.6) is 0 Å². The zero-order valence-electron chi connectivity index (χ0n) is 15.6. The second kappa shape index (κ2) is 8.57. The number of morpholine rings is 1. The number of ether oxygens (including phenoxy) is 1. The molecular formula is C21H26N4O2. The maximum Gasteiger partial charge on any atom is 0.222 e. The minimum atomic E-state index is -0.182. The molecule has 4 rings (SSSR count). The Morgan fingerprint density at radius 2 is 2.00 bits per heavy atom. The summed E-state index contributed by atoms with van der Waals surface area (Å²) in [5.74, 6) is 1.00. The Morgan fingerprint density at radius 3 is 2.81 bits per heavy atom. The topological polar surface area (TPSA) is 68.2 Å². The van der Waals surface area contributed by atoms with E-state index in [9.17, 15) is 4.79 Å². The molecule has 6 heteroatoms. The van der Waals surface area contributed by atoms with Gasteiger partial charge in [-0.3, -0.25) is 4.79 Å². The smallest absolute Gasteiger partial charge is 0.222 e. The van der Waals surface area contributed by atoms with E-state index >= 15 is 0 Å². The summed E-state index contributed by atoms with van der Waals surface area (Å²) in [4.78, 5) is 27.4. The van der Waals surface area contributed by atoms with Crippen LogP contribution in [0.2, 0.25) is 0 Å². The normalized spacial score (nSPS) is 20.7. The number of carbonyl (C=O) groups is 1. The molecule has 2 aliphatic rings. The van der Waals surface area contributed by atoms with Crippen molar-refractivity contribution in [1.82, 2.24) is 19.9 Å². The van der Waals surface area contributed by atoms with Crippen molar-refractivity contribution in [1.29, 1.82) is 0 Å². The fourth-order valence-corrected chi connectivity index (χ4v) is 4.06. The van der Waals surface area contributed by atoms with Crippen molar-refractivity contribution in [2.75, 3.05) is 19.7 Å². The van der Waals surface area contributed by atoms with E-state index in [1.807, 2.05) is 23.1 Å². The number of aromatic nitrogens is 3. The van der Waals surface area contributed by atoms with Gasteiger partial charge in [0.15, 0.2) is 0 Å². The minimum absolute atomic E-state index is 0.182. The van der Waals surface area contributed by atoms with Gasteiger partial charge in [-0.15, -0.1) is 0 Å². The summed E-state index contributed by atoms with van der Waals surface area (Å²) >= 11 is 0. The van der Waals surface area contributed by atoms with E-state index < -0.39 is 0 Å². The molecule has 0 spiro atoms. The van der Waals surface area contributed by atoms with E-state index in [4.69, 9.17) is 9.72 Å². The molecule has 1 saturated carbocycles. The van der Waals surface area contributed by atoms with Gasteiger partial charge in [0.1, 0.15) is 12.4 Å². The fraction of sp³-hybridized carbons (Fsp3) is 0.524. The van der Waals surface area contributed by atoms with Crippen molar-refractivity contribution < 1.29 is 9.53 Å². The molecule has 0 radical (unpaired) electrons. The fourth-order valence-electron chi connectivity index (χ4n) is 4.06. The summed E-state index contributed by atoms with van der Waals surface area (Å²) in [6.07, 6.45) is 11.7. The van der Waals surface area contributed by atoms with Gasteiger partial charge in [0.05, 0.1) is 24.5 Å². The Balaban J connectivity index is 1.40. The van der Waals surface area contributed by atoms with Crippen LogP contribution in [0.1, 0.15) is 50.3 Å². The minimum Gasteiger partial charge on any atom is -0.368 e. The van der Waals surface area contributed by atoms with Crippen molar-refractivity contribution in [2.45, 2.75) is 44.6 Å². The lowest BCUT2D eigenvalue weighted by molar-refractivity contribution is -0.139. The van der Waals surface area contributed by atoms with Crippen LogP contribution in [-0.4, -0.2) is 45.5 Å². The van der Waals surface area contributed by atoms with Crippen LogP contribution < -0.4 is 0 Å². The van der Waals surface area contributed by atoms with Gasteiger partial charge in [-0.05, 0) is 24.5 Å². The van der Waals surface area contributed by atoms with Crippen LogP contribution in [0.3, 0.4) is 0 Å². The van der Waals surface area contributed by atoms with Gasteiger partial charge >= 0.3 is 0 Å². The molecule has 1 saturated heterocycles. The maximum atomic E-state index is 12.7. The van der Waals surface area contributed by atoms with Crippen molar-refractivity contribution in [3.63, 3.8) is 0 Å². The van der Waals surface area contributed by atoms with E-state index in [2.05, 4.69) is 9.97 Å². The lowest BCUT2D eigenvalue weighted by Gasteiger charge is -2.33. The predicted octanol–water partition coefficient (Wildman–Crippen LogP) is 3.41. The number of pyridine rings is 1. The SMILES string of the molecule is O=C(CCC1CCCC1)N1CCO[C@@H](c2cccc(-c3cncnc3)n2)C1. The second-order valence-corrected chi connectivity index (χ2v) is 7.46. The molecule has 3 heterocycles. The van der Waals surface area contributed by atoms with E-state index in [1.165, 1.54) is 32.0 Å². The largest absolute Gasteiger partial charge is 0.368 e. The van der Waals surface area contributed by atoms with Crippen LogP contribution >= 0.6 is 0 Å². The summed E-state index contributed by atoms with van der Waals surface area (Å²) in [6, 6.07) is 5.87. The molecule has 2 aromatic heterocycles. The first-order valence-corrected chi connectivity index (χ1v) is 9.91. The van der Waals surface area contributed by atoms with Gasteiger partial charge in [0, 0.05) is 30.9 Å². The Hall–Kier alpha value is -2.34. The second-order valence-electron chi connectivity index (χ2n) is 7.46. The van der Waals surface area contributed by atoms with Crippen molar-refractivity contribution in [2.24, 2.45) is 5.92 Å². The highest BCUT2D eigenvalue weighted by Gasteiger charge is 2.27. The molecule has 1 atom stereocenters. The molecule has 2 aromatic rings. The van der Waals surface area contributed by atoms with Gasteiger partial charge < -0.3 is 9.64 Å². The van der Waals surface area contributed by atoms with Gasteiger partial charge in [-0.1, -0.05) is 31.7 Å². The van der Waals surface area contributed by atoms with Crippen molar-refractivity contribution in [3.8, 4) is 11.3 Å². The maximum absolute atomic E-state index is 12.7. The quantitative estimate of drug-likeness (QED) is 0.811. The average Bonchev–Trinajstić information content (AvgIpc) is 3.26. The lowest BCUT2D eigenvalue weighted by atomic mass is 10.0. The average molecular weight is 366 g/mol. The van der Waals surface area contributed by atoms with Gasteiger partial charge in [-0.25, -0.2) is 15.0 Å². The Labute approximate surface area is 160 Å².